The van der Waals surface area contributed by atoms with E-state index in [1.807, 2.05) is 12.1 Å². The van der Waals surface area contributed by atoms with Crippen LogP contribution in [0.15, 0.2) is 40.8 Å². The SMILES string of the molecule is Cc1ccccc1C(C)NCc1ccc(CO)o1. The molecule has 3 heteroatoms. The highest BCUT2D eigenvalue weighted by atomic mass is 16.4. The van der Waals surface area contributed by atoms with Gasteiger partial charge in [-0.1, -0.05) is 24.3 Å². The molecule has 0 radical (unpaired) electrons. The molecule has 0 fully saturated rings. The number of hydrogen-bond donors (Lipinski definition) is 2. The highest BCUT2D eigenvalue weighted by molar-refractivity contribution is 5.28. The smallest absolute Gasteiger partial charge is 0.129 e. The molecule has 0 aliphatic heterocycles. The minimum Gasteiger partial charge on any atom is -0.462 e. The van der Waals surface area contributed by atoms with Crippen molar-refractivity contribution in [2.45, 2.75) is 33.0 Å². The van der Waals surface area contributed by atoms with E-state index in [1.54, 1.807) is 6.07 Å². The Hall–Kier alpha value is -1.58. The molecule has 1 heterocycles. The molecule has 96 valence electrons. The first-order valence-corrected chi connectivity index (χ1v) is 6.18. The van der Waals surface area contributed by atoms with Crippen molar-refractivity contribution in [1.82, 2.24) is 5.32 Å². The summed E-state index contributed by atoms with van der Waals surface area (Å²) in [4.78, 5) is 0. The molecule has 2 N–H and O–H groups in total. The maximum absolute atomic E-state index is 8.93. The molecule has 0 aliphatic rings. The minimum atomic E-state index is -0.0483. The Morgan fingerprint density at radius 2 is 1.89 bits per heavy atom. The van der Waals surface area contributed by atoms with Crippen LogP contribution in [0, 0.1) is 6.92 Å². The molecule has 0 amide bonds. The van der Waals surface area contributed by atoms with Gasteiger partial charge in [0.1, 0.15) is 18.1 Å². The molecule has 0 spiro atoms. The van der Waals surface area contributed by atoms with Crippen LogP contribution in [0.5, 0.6) is 0 Å². The third-order valence-corrected chi connectivity index (χ3v) is 3.11. The largest absolute Gasteiger partial charge is 0.462 e. The van der Waals surface area contributed by atoms with E-state index in [0.29, 0.717) is 12.3 Å². The van der Waals surface area contributed by atoms with Crippen LogP contribution in [0.1, 0.15) is 35.6 Å². The second-order valence-corrected chi connectivity index (χ2v) is 4.49. The quantitative estimate of drug-likeness (QED) is 0.851. The van der Waals surface area contributed by atoms with Gasteiger partial charge in [0.05, 0.1) is 6.54 Å². The van der Waals surface area contributed by atoms with Crippen molar-refractivity contribution in [2.24, 2.45) is 0 Å². The fraction of sp³-hybridized carbons (Fsp3) is 0.333. The van der Waals surface area contributed by atoms with Gasteiger partial charge in [-0.05, 0) is 37.1 Å². The molecule has 1 aromatic carbocycles. The van der Waals surface area contributed by atoms with Gasteiger partial charge < -0.3 is 14.8 Å². The summed E-state index contributed by atoms with van der Waals surface area (Å²) < 4.78 is 5.44. The van der Waals surface area contributed by atoms with Crippen LogP contribution < -0.4 is 5.32 Å². The maximum Gasteiger partial charge on any atom is 0.129 e. The summed E-state index contributed by atoms with van der Waals surface area (Å²) in [6, 6.07) is 12.3. The molecular weight excluding hydrogens is 226 g/mol. The fourth-order valence-corrected chi connectivity index (χ4v) is 2.04. The second kappa shape index (κ2) is 5.85. The summed E-state index contributed by atoms with van der Waals surface area (Å²) in [7, 11) is 0. The van der Waals surface area contributed by atoms with Crippen LogP contribution in [0.3, 0.4) is 0 Å². The number of hydrogen-bond acceptors (Lipinski definition) is 3. The Morgan fingerprint density at radius 3 is 2.56 bits per heavy atom. The van der Waals surface area contributed by atoms with Gasteiger partial charge in [-0.15, -0.1) is 0 Å². The molecule has 0 saturated carbocycles. The predicted octanol–water partition coefficient (Wildman–Crippen LogP) is 2.93. The molecule has 1 aromatic heterocycles. The Balaban J connectivity index is 1.96. The zero-order valence-corrected chi connectivity index (χ0v) is 10.8. The Morgan fingerprint density at radius 1 is 1.17 bits per heavy atom. The fourth-order valence-electron chi connectivity index (χ4n) is 2.04. The molecule has 0 aliphatic carbocycles. The van der Waals surface area contributed by atoms with Gasteiger partial charge >= 0.3 is 0 Å². The number of nitrogens with one attached hydrogen (secondary N) is 1. The lowest BCUT2D eigenvalue weighted by Crippen LogP contribution is -2.18. The Labute approximate surface area is 107 Å². The number of benzene rings is 1. The number of aliphatic hydroxyl groups excluding tert-OH is 1. The first kappa shape index (κ1) is 12.9. The topological polar surface area (TPSA) is 45.4 Å². The normalized spacial score (nSPS) is 12.6. The van der Waals surface area contributed by atoms with Crippen molar-refractivity contribution in [3.05, 3.63) is 59.0 Å². The molecule has 0 bridgehead atoms. The van der Waals surface area contributed by atoms with E-state index in [0.717, 1.165) is 5.76 Å². The van der Waals surface area contributed by atoms with Crippen molar-refractivity contribution >= 4 is 0 Å². The lowest BCUT2D eigenvalue weighted by molar-refractivity contribution is 0.242. The van der Waals surface area contributed by atoms with E-state index < -0.39 is 0 Å². The average Bonchev–Trinajstić information content (AvgIpc) is 2.84. The predicted molar refractivity (Wildman–Crippen MR) is 71.1 cm³/mol. The van der Waals surface area contributed by atoms with E-state index >= 15 is 0 Å². The van der Waals surface area contributed by atoms with Crippen molar-refractivity contribution in [1.29, 1.82) is 0 Å². The number of furan rings is 1. The van der Waals surface area contributed by atoms with Gasteiger partial charge in [-0.3, -0.25) is 0 Å². The molecule has 0 saturated heterocycles. The van der Waals surface area contributed by atoms with Gasteiger partial charge in [0, 0.05) is 6.04 Å². The van der Waals surface area contributed by atoms with E-state index in [-0.39, 0.29) is 12.6 Å². The van der Waals surface area contributed by atoms with Crippen LogP contribution in [0.25, 0.3) is 0 Å². The Bertz CT molecular complexity index is 505. The standard InChI is InChI=1S/C15H19NO2/c1-11-5-3-4-6-15(11)12(2)16-9-13-7-8-14(10-17)18-13/h3-8,12,16-17H,9-10H2,1-2H3. The number of aliphatic hydroxyl groups is 1. The molecule has 2 aromatic rings. The van der Waals surface area contributed by atoms with Gasteiger partial charge in [0.2, 0.25) is 0 Å². The van der Waals surface area contributed by atoms with Crippen molar-refractivity contribution in [3.8, 4) is 0 Å². The van der Waals surface area contributed by atoms with E-state index in [1.165, 1.54) is 11.1 Å². The number of aryl methyl sites for hydroxylation is 1. The minimum absolute atomic E-state index is 0.0483. The van der Waals surface area contributed by atoms with Crippen molar-refractivity contribution < 1.29 is 9.52 Å². The lowest BCUT2D eigenvalue weighted by Gasteiger charge is -2.15. The summed E-state index contributed by atoms with van der Waals surface area (Å²) in [5.41, 5.74) is 2.58. The van der Waals surface area contributed by atoms with Crippen LogP contribution in [-0.2, 0) is 13.2 Å². The van der Waals surface area contributed by atoms with Gasteiger partial charge in [0.15, 0.2) is 0 Å². The Kier molecular flexibility index (Phi) is 4.18. The molecular formula is C15H19NO2. The van der Waals surface area contributed by atoms with E-state index in [2.05, 4.69) is 37.4 Å². The summed E-state index contributed by atoms with van der Waals surface area (Å²) in [5, 5.41) is 12.3. The average molecular weight is 245 g/mol. The summed E-state index contributed by atoms with van der Waals surface area (Å²) in [5.74, 6) is 1.45. The van der Waals surface area contributed by atoms with E-state index in [9.17, 15) is 0 Å². The molecule has 2 rings (SSSR count). The van der Waals surface area contributed by atoms with Crippen molar-refractivity contribution in [2.75, 3.05) is 0 Å². The highest BCUT2D eigenvalue weighted by Crippen LogP contribution is 2.17. The molecule has 1 atom stereocenters. The zero-order valence-electron chi connectivity index (χ0n) is 10.8. The zero-order chi connectivity index (χ0) is 13.0. The maximum atomic E-state index is 8.93. The van der Waals surface area contributed by atoms with Crippen LogP contribution >= 0.6 is 0 Å². The van der Waals surface area contributed by atoms with Crippen LogP contribution in [0.4, 0.5) is 0 Å². The van der Waals surface area contributed by atoms with Gasteiger partial charge in [-0.25, -0.2) is 0 Å². The number of rotatable bonds is 5. The van der Waals surface area contributed by atoms with Crippen molar-refractivity contribution in [3.63, 3.8) is 0 Å². The lowest BCUT2D eigenvalue weighted by atomic mass is 10.0. The second-order valence-electron chi connectivity index (χ2n) is 4.49. The molecule has 18 heavy (non-hydrogen) atoms. The third kappa shape index (κ3) is 3.00. The summed E-state index contributed by atoms with van der Waals surface area (Å²) >= 11 is 0. The van der Waals surface area contributed by atoms with E-state index in [4.69, 9.17) is 9.52 Å². The van der Waals surface area contributed by atoms with Crippen LogP contribution in [-0.4, -0.2) is 5.11 Å². The monoisotopic (exact) mass is 245 g/mol. The summed E-state index contributed by atoms with van der Waals surface area (Å²) in [6.07, 6.45) is 0. The van der Waals surface area contributed by atoms with Gasteiger partial charge in [-0.2, -0.15) is 0 Å². The van der Waals surface area contributed by atoms with Crippen LogP contribution in [0.2, 0.25) is 0 Å². The van der Waals surface area contributed by atoms with Gasteiger partial charge in [0.25, 0.3) is 0 Å². The summed E-state index contributed by atoms with van der Waals surface area (Å²) in [6.45, 7) is 4.87. The molecule has 3 nitrogen and oxygen atoms in total. The first-order valence-electron chi connectivity index (χ1n) is 6.18. The third-order valence-electron chi connectivity index (χ3n) is 3.11. The first-order chi connectivity index (χ1) is 8.70. The highest BCUT2D eigenvalue weighted by Gasteiger charge is 2.08. The molecule has 1 unspecified atom stereocenters.